The van der Waals surface area contributed by atoms with Crippen LogP contribution in [0.5, 0.6) is 0 Å². The van der Waals surface area contributed by atoms with Gasteiger partial charge in [-0.05, 0) is 37.5 Å². The second kappa shape index (κ2) is 5.43. The van der Waals surface area contributed by atoms with Gasteiger partial charge >= 0.3 is 0 Å². The summed E-state index contributed by atoms with van der Waals surface area (Å²) in [7, 11) is 0. The summed E-state index contributed by atoms with van der Waals surface area (Å²) in [6.45, 7) is 4.15. The standard InChI is InChI=1S/C12H14Cl2/c1-9(6-7-13)8-11-10(2)4-3-5-12(11)14/h3-6H,7-8H2,1-2H3. The van der Waals surface area contributed by atoms with Crippen LogP contribution in [0.3, 0.4) is 0 Å². The molecule has 1 rings (SSSR count). The molecule has 0 saturated heterocycles. The van der Waals surface area contributed by atoms with Crippen LogP contribution in [-0.4, -0.2) is 5.88 Å². The highest BCUT2D eigenvalue weighted by Crippen LogP contribution is 2.22. The highest BCUT2D eigenvalue weighted by atomic mass is 35.5. The zero-order valence-corrected chi connectivity index (χ0v) is 9.99. The number of hydrogen-bond donors (Lipinski definition) is 0. The SMILES string of the molecule is CC(=CCCl)Cc1c(C)cccc1Cl. The summed E-state index contributed by atoms with van der Waals surface area (Å²) < 4.78 is 0. The Bertz CT molecular complexity index is 320. The number of allylic oxidation sites excluding steroid dienone is 2. The molecule has 0 saturated carbocycles. The van der Waals surface area contributed by atoms with Gasteiger partial charge in [0.2, 0.25) is 0 Å². The van der Waals surface area contributed by atoms with E-state index in [0.717, 1.165) is 11.4 Å². The molecule has 0 N–H and O–H groups in total. The molecule has 2 heteroatoms. The maximum Gasteiger partial charge on any atom is 0.0443 e. The molecule has 0 aliphatic rings. The minimum atomic E-state index is 0.565. The zero-order valence-electron chi connectivity index (χ0n) is 8.48. The molecule has 0 fully saturated rings. The zero-order chi connectivity index (χ0) is 10.6. The van der Waals surface area contributed by atoms with Gasteiger partial charge in [-0.15, -0.1) is 11.6 Å². The lowest BCUT2D eigenvalue weighted by atomic mass is 10.0. The van der Waals surface area contributed by atoms with Crippen LogP contribution in [0.15, 0.2) is 29.8 Å². The van der Waals surface area contributed by atoms with E-state index in [1.165, 1.54) is 16.7 Å². The molecule has 1 aromatic rings. The van der Waals surface area contributed by atoms with Gasteiger partial charge in [-0.2, -0.15) is 0 Å². The third-order valence-electron chi connectivity index (χ3n) is 2.23. The van der Waals surface area contributed by atoms with Gasteiger partial charge in [-0.25, -0.2) is 0 Å². The van der Waals surface area contributed by atoms with Gasteiger partial charge < -0.3 is 0 Å². The van der Waals surface area contributed by atoms with Crippen LogP contribution in [0.25, 0.3) is 0 Å². The highest BCUT2D eigenvalue weighted by Gasteiger charge is 2.03. The Morgan fingerprint density at radius 3 is 2.71 bits per heavy atom. The van der Waals surface area contributed by atoms with Gasteiger partial charge in [0.1, 0.15) is 0 Å². The van der Waals surface area contributed by atoms with Crippen molar-refractivity contribution in [2.24, 2.45) is 0 Å². The van der Waals surface area contributed by atoms with E-state index < -0.39 is 0 Å². The van der Waals surface area contributed by atoms with Crippen molar-refractivity contribution in [2.75, 3.05) is 5.88 Å². The van der Waals surface area contributed by atoms with Crippen LogP contribution < -0.4 is 0 Å². The first kappa shape index (κ1) is 11.6. The van der Waals surface area contributed by atoms with Crippen molar-refractivity contribution in [3.63, 3.8) is 0 Å². The Morgan fingerprint density at radius 2 is 2.14 bits per heavy atom. The van der Waals surface area contributed by atoms with Crippen molar-refractivity contribution in [1.29, 1.82) is 0 Å². The fourth-order valence-corrected chi connectivity index (χ4v) is 1.93. The average Bonchev–Trinajstić information content (AvgIpc) is 2.12. The van der Waals surface area contributed by atoms with Crippen molar-refractivity contribution in [3.8, 4) is 0 Å². The van der Waals surface area contributed by atoms with Crippen molar-refractivity contribution in [1.82, 2.24) is 0 Å². The first-order chi connectivity index (χ1) is 6.65. The summed E-state index contributed by atoms with van der Waals surface area (Å²) in [6, 6.07) is 5.98. The molecule has 1 aromatic carbocycles. The molecular weight excluding hydrogens is 215 g/mol. The Labute approximate surface area is 95.5 Å². The second-order valence-electron chi connectivity index (χ2n) is 3.42. The van der Waals surface area contributed by atoms with Crippen molar-refractivity contribution >= 4 is 23.2 Å². The third kappa shape index (κ3) is 3.04. The number of benzene rings is 1. The minimum Gasteiger partial charge on any atom is -0.122 e. The number of alkyl halides is 1. The van der Waals surface area contributed by atoms with Gasteiger partial charge in [-0.3, -0.25) is 0 Å². The van der Waals surface area contributed by atoms with Crippen LogP contribution >= 0.6 is 23.2 Å². The molecule has 0 aliphatic heterocycles. The minimum absolute atomic E-state index is 0.565. The molecule has 0 atom stereocenters. The predicted molar refractivity (Wildman–Crippen MR) is 64.4 cm³/mol. The van der Waals surface area contributed by atoms with Gasteiger partial charge in [0.15, 0.2) is 0 Å². The van der Waals surface area contributed by atoms with Crippen LogP contribution in [0.4, 0.5) is 0 Å². The Morgan fingerprint density at radius 1 is 1.43 bits per heavy atom. The molecule has 0 nitrogen and oxygen atoms in total. The van der Waals surface area contributed by atoms with E-state index in [1.54, 1.807) is 0 Å². The predicted octanol–water partition coefficient (Wildman–Crippen LogP) is 4.38. The summed E-state index contributed by atoms with van der Waals surface area (Å²) in [6.07, 6.45) is 2.91. The van der Waals surface area contributed by atoms with Crippen LogP contribution in [0, 0.1) is 6.92 Å². The van der Waals surface area contributed by atoms with E-state index in [2.05, 4.69) is 19.9 Å². The Balaban J connectivity index is 2.91. The summed E-state index contributed by atoms with van der Waals surface area (Å²) in [4.78, 5) is 0. The monoisotopic (exact) mass is 228 g/mol. The lowest BCUT2D eigenvalue weighted by Gasteiger charge is -2.08. The van der Waals surface area contributed by atoms with E-state index in [4.69, 9.17) is 23.2 Å². The largest absolute Gasteiger partial charge is 0.122 e. The van der Waals surface area contributed by atoms with Crippen LogP contribution in [0.1, 0.15) is 18.1 Å². The van der Waals surface area contributed by atoms with Crippen molar-refractivity contribution < 1.29 is 0 Å². The number of rotatable bonds is 3. The molecule has 0 radical (unpaired) electrons. The lowest BCUT2D eigenvalue weighted by Crippen LogP contribution is -1.92. The Hall–Kier alpha value is -0.460. The topological polar surface area (TPSA) is 0 Å². The molecule has 0 bridgehead atoms. The van der Waals surface area contributed by atoms with Crippen LogP contribution in [-0.2, 0) is 6.42 Å². The van der Waals surface area contributed by atoms with E-state index >= 15 is 0 Å². The first-order valence-corrected chi connectivity index (χ1v) is 5.52. The van der Waals surface area contributed by atoms with E-state index in [-0.39, 0.29) is 0 Å². The molecule has 0 aliphatic carbocycles. The molecule has 0 amide bonds. The molecule has 14 heavy (non-hydrogen) atoms. The lowest BCUT2D eigenvalue weighted by molar-refractivity contribution is 1.11. The summed E-state index contributed by atoms with van der Waals surface area (Å²) >= 11 is 11.7. The summed E-state index contributed by atoms with van der Waals surface area (Å²) in [5.74, 6) is 0.565. The average molecular weight is 229 g/mol. The molecule has 76 valence electrons. The van der Waals surface area contributed by atoms with Crippen LogP contribution in [0.2, 0.25) is 5.02 Å². The van der Waals surface area contributed by atoms with E-state index in [1.807, 2.05) is 18.2 Å². The van der Waals surface area contributed by atoms with E-state index in [0.29, 0.717) is 5.88 Å². The van der Waals surface area contributed by atoms with Crippen molar-refractivity contribution in [3.05, 3.63) is 46.0 Å². The van der Waals surface area contributed by atoms with Crippen molar-refractivity contribution in [2.45, 2.75) is 20.3 Å². The smallest absolute Gasteiger partial charge is 0.0443 e. The van der Waals surface area contributed by atoms with Gasteiger partial charge in [0.25, 0.3) is 0 Å². The first-order valence-electron chi connectivity index (χ1n) is 4.60. The molecule has 0 unspecified atom stereocenters. The summed E-state index contributed by atoms with van der Waals surface area (Å²) in [5, 5.41) is 0.840. The third-order valence-corrected chi connectivity index (χ3v) is 2.74. The normalized spacial score (nSPS) is 11.9. The van der Waals surface area contributed by atoms with Gasteiger partial charge in [0.05, 0.1) is 0 Å². The van der Waals surface area contributed by atoms with Gasteiger partial charge in [0, 0.05) is 10.9 Å². The number of aryl methyl sites for hydroxylation is 1. The highest BCUT2D eigenvalue weighted by molar-refractivity contribution is 6.31. The number of hydrogen-bond acceptors (Lipinski definition) is 0. The Kier molecular flexibility index (Phi) is 4.50. The second-order valence-corrected chi connectivity index (χ2v) is 4.13. The quantitative estimate of drug-likeness (QED) is 0.533. The molecule has 0 heterocycles. The molecule has 0 spiro atoms. The number of halogens is 2. The van der Waals surface area contributed by atoms with E-state index in [9.17, 15) is 0 Å². The summed E-state index contributed by atoms with van der Waals surface area (Å²) in [5.41, 5.74) is 3.70. The maximum atomic E-state index is 6.11. The fraction of sp³-hybridized carbons (Fsp3) is 0.333. The fourth-order valence-electron chi connectivity index (χ4n) is 1.37. The maximum absolute atomic E-state index is 6.11. The molecular formula is C12H14Cl2. The molecule has 0 aromatic heterocycles. The van der Waals surface area contributed by atoms with Gasteiger partial charge in [-0.1, -0.05) is 35.4 Å².